The van der Waals surface area contributed by atoms with Gasteiger partial charge in [-0.25, -0.2) is 0 Å². The van der Waals surface area contributed by atoms with Gasteiger partial charge in [-0.3, -0.25) is 0 Å². The third-order valence-electron chi connectivity index (χ3n) is 14.6. The Morgan fingerprint density at radius 3 is 1.89 bits per heavy atom. The Kier molecular flexibility index (Phi) is 24.7. The summed E-state index contributed by atoms with van der Waals surface area (Å²) in [6.07, 6.45) is 28.8. The van der Waals surface area contributed by atoms with Crippen molar-refractivity contribution in [3.8, 4) is 0 Å². The van der Waals surface area contributed by atoms with E-state index in [1.165, 1.54) is 89.0 Å². The third-order valence-corrected chi connectivity index (χ3v) is 23.6. The lowest BCUT2D eigenvalue weighted by atomic mass is 10.0. The van der Waals surface area contributed by atoms with Gasteiger partial charge in [-0.2, -0.15) is 0 Å². The summed E-state index contributed by atoms with van der Waals surface area (Å²) in [5.41, 5.74) is 1.81. The van der Waals surface area contributed by atoms with E-state index in [1.54, 1.807) is 7.11 Å². The minimum atomic E-state index is -2.67. The summed E-state index contributed by atoms with van der Waals surface area (Å²) in [5, 5.41) is 0.181. The number of unbranched alkanes of at least 4 members (excludes halogenated alkanes) is 11. The SMILES string of the molecule is CCCCCCCCCC[C@H](OCOC)[C@H]1CC[C@@H]([C@@H]2C=C[C@@H]([C@@H]3CC[C@H](CCCCCCC[C@H](COCc4ccccc4)O[Si](C)(C)C(C)(C)C)O3)O[Si](C(C)C)(C(C)C)O2)O1. The average molecular weight is 918 g/mol. The van der Waals surface area contributed by atoms with Crippen LogP contribution in [0.2, 0.25) is 29.2 Å². The van der Waals surface area contributed by atoms with Gasteiger partial charge < -0.3 is 37.0 Å². The Balaban J connectivity index is 1.24. The summed E-state index contributed by atoms with van der Waals surface area (Å²) < 4.78 is 53.0. The molecule has 3 heterocycles. The second kappa shape index (κ2) is 28.4. The van der Waals surface area contributed by atoms with Gasteiger partial charge in [0.2, 0.25) is 0 Å². The maximum Gasteiger partial charge on any atom is 0.344 e. The van der Waals surface area contributed by atoms with E-state index in [0.29, 0.717) is 37.2 Å². The van der Waals surface area contributed by atoms with Crippen molar-refractivity contribution in [3.05, 3.63) is 48.0 Å². The first-order chi connectivity index (χ1) is 30.2. The second-order valence-electron chi connectivity index (χ2n) is 21.5. The van der Waals surface area contributed by atoms with Crippen molar-refractivity contribution in [2.24, 2.45) is 0 Å². The molecule has 0 unspecified atom stereocenters. The number of ether oxygens (including phenoxy) is 5. The van der Waals surface area contributed by atoms with Crippen molar-refractivity contribution >= 4 is 16.9 Å². The number of benzene rings is 1. The summed E-state index contributed by atoms with van der Waals surface area (Å²) in [6, 6.07) is 10.5. The van der Waals surface area contributed by atoms with Crippen LogP contribution in [-0.4, -0.2) is 86.2 Å². The van der Waals surface area contributed by atoms with Gasteiger partial charge >= 0.3 is 8.56 Å². The lowest BCUT2D eigenvalue weighted by Gasteiger charge is -2.41. The van der Waals surface area contributed by atoms with Crippen LogP contribution >= 0.6 is 0 Å². The van der Waals surface area contributed by atoms with Crippen LogP contribution < -0.4 is 0 Å². The largest absolute Gasteiger partial charge is 0.412 e. The molecule has 2 fully saturated rings. The number of hydrogen-bond acceptors (Lipinski definition) is 8. The molecule has 8 atom stereocenters. The Hall–Kier alpha value is -0.926. The summed E-state index contributed by atoms with van der Waals surface area (Å²) in [4.78, 5) is 0. The molecule has 0 aromatic heterocycles. The van der Waals surface area contributed by atoms with Crippen LogP contribution in [0.1, 0.15) is 189 Å². The van der Waals surface area contributed by atoms with E-state index >= 15 is 0 Å². The van der Waals surface area contributed by atoms with Crippen LogP contribution in [0.15, 0.2) is 42.5 Å². The predicted octanol–water partition coefficient (Wildman–Crippen LogP) is 14.5. The Labute approximate surface area is 389 Å². The molecule has 8 nitrogen and oxygen atoms in total. The highest BCUT2D eigenvalue weighted by atomic mass is 28.4. The molecule has 1 aromatic rings. The van der Waals surface area contributed by atoms with E-state index in [0.717, 1.165) is 44.9 Å². The lowest BCUT2D eigenvalue weighted by molar-refractivity contribution is -0.135. The Morgan fingerprint density at radius 1 is 0.714 bits per heavy atom. The molecule has 0 spiro atoms. The van der Waals surface area contributed by atoms with Crippen LogP contribution in [0.5, 0.6) is 0 Å². The van der Waals surface area contributed by atoms with Crippen LogP contribution in [0, 0.1) is 0 Å². The summed E-state index contributed by atoms with van der Waals surface area (Å²) in [7, 11) is -2.85. The highest BCUT2D eigenvalue weighted by Gasteiger charge is 2.52. The van der Waals surface area contributed by atoms with E-state index in [9.17, 15) is 0 Å². The quantitative estimate of drug-likeness (QED) is 0.0316. The highest BCUT2D eigenvalue weighted by Crippen LogP contribution is 2.43. The zero-order chi connectivity index (χ0) is 45.7. The van der Waals surface area contributed by atoms with Crippen LogP contribution in [0.3, 0.4) is 0 Å². The number of methoxy groups -OCH3 is 1. The molecule has 0 saturated carbocycles. The Bertz CT molecular complexity index is 1360. The average Bonchev–Trinajstić information content (AvgIpc) is 3.88. The fourth-order valence-corrected chi connectivity index (χ4v) is 14.9. The topological polar surface area (TPSA) is 73.8 Å². The van der Waals surface area contributed by atoms with E-state index in [2.05, 4.69) is 111 Å². The van der Waals surface area contributed by atoms with Gasteiger partial charge in [0, 0.05) is 7.11 Å². The van der Waals surface area contributed by atoms with Crippen molar-refractivity contribution in [2.75, 3.05) is 20.5 Å². The van der Waals surface area contributed by atoms with Gasteiger partial charge in [-0.1, -0.05) is 181 Å². The van der Waals surface area contributed by atoms with Crippen LogP contribution in [0.25, 0.3) is 0 Å². The number of hydrogen-bond donors (Lipinski definition) is 0. The van der Waals surface area contributed by atoms with Gasteiger partial charge in [-0.05, 0) is 79.7 Å². The molecule has 3 aliphatic heterocycles. The first kappa shape index (κ1) is 54.7. The molecule has 0 radical (unpaired) electrons. The van der Waals surface area contributed by atoms with Crippen molar-refractivity contribution < 1.29 is 37.0 Å². The fourth-order valence-electron chi connectivity index (χ4n) is 9.69. The molecule has 63 heavy (non-hydrogen) atoms. The van der Waals surface area contributed by atoms with Crippen molar-refractivity contribution in [3.63, 3.8) is 0 Å². The van der Waals surface area contributed by atoms with Crippen molar-refractivity contribution in [2.45, 2.75) is 268 Å². The van der Waals surface area contributed by atoms with E-state index in [4.69, 9.17) is 37.0 Å². The zero-order valence-electron chi connectivity index (χ0n) is 42.3. The standard InChI is InChI=1S/C53H96O8Si2/c1-12-13-14-15-16-17-21-27-32-47(56-41-54-9)48-35-36-50(58-48)52-38-37-51(60-63(61-52,42(2)3)43(4)5)49-34-33-45(57-49)30-25-19-18-20-26-31-46(59-62(10,11)53(6,7)8)40-55-39-44-28-23-22-24-29-44/h22-24,28-29,37-38,42-43,45-52H,12-21,25-27,30-36,39-41H2,1-11H3/t45-,46+,47-,48+,49-,50-,51-,52-/m0/s1. The first-order valence-electron chi connectivity index (χ1n) is 25.9. The van der Waals surface area contributed by atoms with Gasteiger partial charge in [0.25, 0.3) is 0 Å². The molecule has 2 saturated heterocycles. The molecule has 10 heteroatoms. The van der Waals surface area contributed by atoms with Crippen molar-refractivity contribution in [1.82, 2.24) is 0 Å². The summed E-state index contributed by atoms with van der Waals surface area (Å²) >= 11 is 0. The molecule has 0 bridgehead atoms. The van der Waals surface area contributed by atoms with E-state index in [-0.39, 0.29) is 47.8 Å². The molecule has 0 aliphatic carbocycles. The van der Waals surface area contributed by atoms with E-state index < -0.39 is 16.9 Å². The van der Waals surface area contributed by atoms with Gasteiger partial charge in [-0.15, -0.1) is 0 Å². The highest BCUT2D eigenvalue weighted by molar-refractivity contribution is 6.74. The van der Waals surface area contributed by atoms with Crippen LogP contribution in [0.4, 0.5) is 0 Å². The first-order valence-corrected chi connectivity index (χ1v) is 30.8. The lowest BCUT2D eigenvalue weighted by Crippen LogP contribution is -2.54. The van der Waals surface area contributed by atoms with Crippen LogP contribution in [-0.2, 0) is 43.6 Å². The molecule has 3 aliphatic rings. The van der Waals surface area contributed by atoms with E-state index in [1.807, 2.05) is 0 Å². The molecule has 0 amide bonds. The smallest absolute Gasteiger partial charge is 0.344 e. The van der Waals surface area contributed by atoms with Gasteiger partial charge in [0.15, 0.2) is 8.32 Å². The third kappa shape index (κ3) is 18.2. The summed E-state index contributed by atoms with van der Waals surface area (Å²) in [5.74, 6) is 0. The minimum Gasteiger partial charge on any atom is -0.412 e. The predicted molar refractivity (Wildman–Crippen MR) is 265 cm³/mol. The van der Waals surface area contributed by atoms with Gasteiger partial charge in [0.05, 0.1) is 62.0 Å². The minimum absolute atomic E-state index is 0.00833. The molecule has 4 rings (SSSR count). The van der Waals surface area contributed by atoms with Gasteiger partial charge in [0.1, 0.15) is 6.79 Å². The summed E-state index contributed by atoms with van der Waals surface area (Å²) in [6.45, 7) is 24.7. The second-order valence-corrected chi connectivity index (χ2v) is 30.4. The fraction of sp³-hybridized carbons (Fsp3) is 0.849. The maximum atomic E-state index is 7.26. The van der Waals surface area contributed by atoms with Crippen molar-refractivity contribution in [1.29, 1.82) is 0 Å². The molecule has 0 N–H and O–H groups in total. The zero-order valence-corrected chi connectivity index (χ0v) is 44.3. The monoisotopic (exact) mass is 917 g/mol. The maximum absolute atomic E-state index is 7.26. The Morgan fingerprint density at radius 2 is 1.29 bits per heavy atom. The molecule has 364 valence electrons. The molecular weight excluding hydrogens is 821 g/mol. The molecule has 1 aromatic carbocycles. The normalized spacial score (nSPS) is 25.3. The number of rotatable bonds is 31. The molecular formula is C53H96O8Si2.